The van der Waals surface area contributed by atoms with Gasteiger partial charge >= 0.3 is 0 Å². The second kappa shape index (κ2) is 5.38. The molecular weight excluding hydrogens is 304 g/mol. The van der Waals surface area contributed by atoms with E-state index in [1.165, 1.54) is 0 Å². The van der Waals surface area contributed by atoms with E-state index < -0.39 is 0 Å². The van der Waals surface area contributed by atoms with Crippen LogP contribution in [0.15, 0.2) is 41.1 Å². The van der Waals surface area contributed by atoms with E-state index in [0.29, 0.717) is 23.1 Å². The molecule has 5 heteroatoms. The van der Waals surface area contributed by atoms with Gasteiger partial charge in [0.15, 0.2) is 0 Å². The van der Waals surface area contributed by atoms with Crippen molar-refractivity contribution in [1.82, 2.24) is 4.98 Å². The smallest absolute Gasteiger partial charge is 0.139 e. The molecule has 0 atom stereocenters. The first-order valence-corrected chi connectivity index (χ1v) is 6.09. The Labute approximate surface area is 113 Å². The Kier molecular flexibility index (Phi) is 3.86. The van der Waals surface area contributed by atoms with Gasteiger partial charge in [0.1, 0.15) is 12.4 Å². The van der Waals surface area contributed by atoms with Gasteiger partial charge in [0.2, 0.25) is 0 Å². The van der Waals surface area contributed by atoms with Crippen LogP contribution in [0.2, 0.25) is 5.02 Å². The van der Waals surface area contributed by atoms with Crippen LogP contribution in [0, 0.1) is 0 Å². The first kappa shape index (κ1) is 12.2. The Balaban J connectivity index is 2.07. The summed E-state index contributed by atoms with van der Waals surface area (Å²) in [5.74, 6) is 0.640. The molecule has 1 aromatic heterocycles. The molecule has 1 aromatic carbocycles. The normalized spacial score (nSPS) is 10.2. The second-order valence-electron chi connectivity index (χ2n) is 3.48. The molecule has 2 aromatic rings. The molecule has 88 valence electrons. The molecule has 0 fully saturated rings. The van der Waals surface area contributed by atoms with E-state index in [1.807, 2.05) is 18.2 Å². The standard InChI is InChI=1S/C12H10BrClN2O/c13-12-4-10(15)2-1-8(12)7-17-11-3-9(14)5-16-6-11/h1-6H,7,15H2. The lowest BCUT2D eigenvalue weighted by Gasteiger charge is -2.08. The van der Waals surface area contributed by atoms with Crippen molar-refractivity contribution in [2.45, 2.75) is 6.61 Å². The molecule has 0 aliphatic rings. The highest BCUT2D eigenvalue weighted by Gasteiger charge is 2.02. The number of halogens is 2. The topological polar surface area (TPSA) is 48.1 Å². The van der Waals surface area contributed by atoms with Gasteiger partial charge in [-0.05, 0) is 12.1 Å². The van der Waals surface area contributed by atoms with Gasteiger partial charge in [0, 0.05) is 28.0 Å². The number of ether oxygens (including phenoxy) is 1. The largest absolute Gasteiger partial charge is 0.487 e. The third-order valence-corrected chi connectivity index (χ3v) is 3.10. The lowest BCUT2D eigenvalue weighted by atomic mass is 10.2. The predicted molar refractivity (Wildman–Crippen MR) is 72.1 cm³/mol. The quantitative estimate of drug-likeness (QED) is 0.880. The lowest BCUT2D eigenvalue weighted by Crippen LogP contribution is -1.97. The van der Waals surface area contributed by atoms with Crippen molar-refractivity contribution in [2.75, 3.05) is 5.73 Å². The van der Waals surface area contributed by atoms with Crippen molar-refractivity contribution in [3.63, 3.8) is 0 Å². The summed E-state index contributed by atoms with van der Waals surface area (Å²) >= 11 is 9.24. The third kappa shape index (κ3) is 3.35. The zero-order valence-electron chi connectivity index (χ0n) is 8.86. The first-order chi connectivity index (χ1) is 8.15. The van der Waals surface area contributed by atoms with Crippen molar-refractivity contribution in [2.24, 2.45) is 0 Å². The van der Waals surface area contributed by atoms with Gasteiger partial charge in [-0.1, -0.05) is 33.6 Å². The summed E-state index contributed by atoms with van der Waals surface area (Å²) in [5.41, 5.74) is 7.38. The molecule has 0 unspecified atom stereocenters. The molecule has 0 radical (unpaired) electrons. The Morgan fingerprint density at radius 2 is 2.12 bits per heavy atom. The fraction of sp³-hybridized carbons (Fsp3) is 0.0833. The van der Waals surface area contributed by atoms with Crippen LogP contribution in [0.25, 0.3) is 0 Å². The number of pyridine rings is 1. The number of rotatable bonds is 3. The fourth-order valence-electron chi connectivity index (χ4n) is 1.31. The summed E-state index contributed by atoms with van der Waals surface area (Å²) in [5, 5.41) is 0.555. The summed E-state index contributed by atoms with van der Waals surface area (Å²) in [4.78, 5) is 3.94. The molecule has 2 N–H and O–H groups in total. The highest BCUT2D eigenvalue weighted by Crippen LogP contribution is 2.22. The van der Waals surface area contributed by atoms with Crippen molar-refractivity contribution >= 4 is 33.2 Å². The number of aromatic nitrogens is 1. The SMILES string of the molecule is Nc1ccc(COc2cncc(Cl)c2)c(Br)c1. The maximum atomic E-state index is 5.81. The summed E-state index contributed by atoms with van der Waals surface area (Å²) in [7, 11) is 0. The molecule has 3 nitrogen and oxygen atoms in total. The highest BCUT2D eigenvalue weighted by atomic mass is 79.9. The molecule has 0 aliphatic carbocycles. The van der Waals surface area contributed by atoms with Gasteiger partial charge in [0.05, 0.1) is 11.2 Å². The van der Waals surface area contributed by atoms with Gasteiger partial charge in [-0.25, -0.2) is 0 Å². The molecular formula is C12H10BrClN2O. The van der Waals surface area contributed by atoms with Crippen molar-refractivity contribution in [1.29, 1.82) is 0 Å². The van der Waals surface area contributed by atoms with Crippen molar-refractivity contribution < 1.29 is 4.74 Å². The monoisotopic (exact) mass is 312 g/mol. The van der Waals surface area contributed by atoms with Crippen LogP contribution < -0.4 is 10.5 Å². The maximum absolute atomic E-state index is 5.81. The van der Waals surface area contributed by atoms with Crippen LogP contribution in [0.3, 0.4) is 0 Å². The molecule has 2 rings (SSSR count). The predicted octanol–water partition coefficient (Wildman–Crippen LogP) is 3.66. The van der Waals surface area contributed by atoms with Gasteiger partial charge in [-0.2, -0.15) is 0 Å². The number of nitrogens with zero attached hydrogens (tertiary/aromatic N) is 1. The minimum Gasteiger partial charge on any atom is -0.487 e. The maximum Gasteiger partial charge on any atom is 0.139 e. The van der Waals surface area contributed by atoms with E-state index in [-0.39, 0.29) is 0 Å². The molecule has 1 heterocycles. The molecule has 17 heavy (non-hydrogen) atoms. The summed E-state index contributed by atoms with van der Waals surface area (Å²) in [6, 6.07) is 7.31. The van der Waals surface area contributed by atoms with E-state index in [1.54, 1.807) is 18.5 Å². The molecule has 0 spiro atoms. The Hall–Kier alpha value is -1.26. The molecule has 0 bridgehead atoms. The lowest BCUT2D eigenvalue weighted by molar-refractivity contribution is 0.304. The van der Waals surface area contributed by atoms with E-state index in [0.717, 1.165) is 10.0 Å². The van der Waals surface area contributed by atoms with Crippen LogP contribution in [0.4, 0.5) is 5.69 Å². The zero-order valence-corrected chi connectivity index (χ0v) is 11.2. The summed E-state index contributed by atoms with van der Waals surface area (Å²) in [6.45, 7) is 0.433. The van der Waals surface area contributed by atoms with Crippen LogP contribution >= 0.6 is 27.5 Å². The molecule has 0 aliphatic heterocycles. The van der Waals surface area contributed by atoms with Crippen molar-refractivity contribution in [3.05, 3.63) is 51.7 Å². The molecule has 0 amide bonds. The van der Waals surface area contributed by atoms with E-state index in [2.05, 4.69) is 20.9 Å². The van der Waals surface area contributed by atoms with Gasteiger partial charge in [0.25, 0.3) is 0 Å². The Morgan fingerprint density at radius 3 is 2.82 bits per heavy atom. The number of anilines is 1. The minimum atomic E-state index is 0.433. The average molecular weight is 314 g/mol. The second-order valence-corrected chi connectivity index (χ2v) is 4.77. The first-order valence-electron chi connectivity index (χ1n) is 4.92. The van der Waals surface area contributed by atoms with E-state index in [9.17, 15) is 0 Å². The van der Waals surface area contributed by atoms with E-state index in [4.69, 9.17) is 22.1 Å². The average Bonchev–Trinajstić information content (AvgIpc) is 2.28. The number of hydrogen-bond acceptors (Lipinski definition) is 3. The third-order valence-electron chi connectivity index (χ3n) is 2.15. The van der Waals surface area contributed by atoms with Gasteiger partial charge < -0.3 is 10.5 Å². The van der Waals surface area contributed by atoms with Gasteiger partial charge in [-0.15, -0.1) is 0 Å². The number of nitrogens with two attached hydrogens (primary N) is 1. The Morgan fingerprint density at radius 1 is 1.29 bits per heavy atom. The van der Waals surface area contributed by atoms with Crippen LogP contribution in [-0.4, -0.2) is 4.98 Å². The fourth-order valence-corrected chi connectivity index (χ4v) is 1.99. The van der Waals surface area contributed by atoms with Gasteiger partial charge in [-0.3, -0.25) is 4.98 Å². The zero-order chi connectivity index (χ0) is 12.3. The van der Waals surface area contributed by atoms with Crippen LogP contribution in [0.5, 0.6) is 5.75 Å². The molecule has 0 saturated carbocycles. The van der Waals surface area contributed by atoms with Crippen molar-refractivity contribution in [3.8, 4) is 5.75 Å². The number of hydrogen-bond donors (Lipinski definition) is 1. The summed E-state index contributed by atoms with van der Waals surface area (Å²) in [6.07, 6.45) is 3.19. The number of nitrogen functional groups attached to an aromatic ring is 1. The van der Waals surface area contributed by atoms with Crippen LogP contribution in [0.1, 0.15) is 5.56 Å². The number of benzene rings is 1. The highest BCUT2D eigenvalue weighted by molar-refractivity contribution is 9.10. The van der Waals surface area contributed by atoms with Crippen LogP contribution in [-0.2, 0) is 6.61 Å². The molecule has 0 saturated heterocycles. The minimum absolute atomic E-state index is 0.433. The summed E-state index contributed by atoms with van der Waals surface area (Å²) < 4.78 is 6.50. The van der Waals surface area contributed by atoms with E-state index >= 15 is 0 Å². The Bertz CT molecular complexity index is 534.